The lowest BCUT2D eigenvalue weighted by Crippen LogP contribution is -2.31. The molecule has 102 valence electrons. The van der Waals surface area contributed by atoms with E-state index >= 15 is 0 Å². The smallest absolute Gasteiger partial charge is 0.230 e. The molecule has 1 aromatic rings. The fourth-order valence-electron chi connectivity index (χ4n) is 3.27. The van der Waals surface area contributed by atoms with Crippen LogP contribution >= 0.6 is 0 Å². The predicted octanol–water partition coefficient (Wildman–Crippen LogP) is 3.56. The van der Waals surface area contributed by atoms with Crippen molar-refractivity contribution in [2.75, 3.05) is 17.2 Å². The number of hydrogen-bond acceptors (Lipinski definition) is 2. The van der Waals surface area contributed by atoms with Crippen molar-refractivity contribution in [1.82, 2.24) is 0 Å². The maximum Gasteiger partial charge on any atom is 0.230 e. The fraction of sp³-hybridized carbons (Fsp3) is 0.562. The average Bonchev–Trinajstić information content (AvgIpc) is 2.87. The van der Waals surface area contributed by atoms with Gasteiger partial charge in [-0.15, -0.1) is 0 Å². The van der Waals surface area contributed by atoms with E-state index in [0.717, 1.165) is 37.2 Å². The van der Waals surface area contributed by atoms with Crippen molar-refractivity contribution in [2.45, 2.75) is 45.4 Å². The Hall–Kier alpha value is -1.51. The van der Waals surface area contributed by atoms with Crippen molar-refractivity contribution in [3.05, 3.63) is 23.8 Å². The SMILES string of the molecule is CC1(C(=O)Nc2cccc3c2NCCC3)CCCC1. The summed E-state index contributed by atoms with van der Waals surface area (Å²) in [6.45, 7) is 3.09. The van der Waals surface area contributed by atoms with Crippen LogP contribution in [0.15, 0.2) is 18.2 Å². The Morgan fingerprint density at radius 2 is 2.05 bits per heavy atom. The lowest BCUT2D eigenvalue weighted by Gasteiger charge is -2.25. The van der Waals surface area contributed by atoms with E-state index in [1.807, 2.05) is 12.1 Å². The third kappa shape index (κ3) is 2.34. The molecule has 0 unspecified atom stereocenters. The number of carbonyl (C=O) groups excluding carboxylic acids is 1. The van der Waals surface area contributed by atoms with Crippen LogP contribution in [0.4, 0.5) is 11.4 Å². The first kappa shape index (κ1) is 12.5. The van der Waals surface area contributed by atoms with E-state index in [0.29, 0.717) is 0 Å². The van der Waals surface area contributed by atoms with Gasteiger partial charge < -0.3 is 10.6 Å². The predicted molar refractivity (Wildman–Crippen MR) is 78.5 cm³/mol. The van der Waals surface area contributed by atoms with E-state index in [4.69, 9.17) is 0 Å². The Morgan fingerprint density at radius 1 is 1.26 bits per heavy atom. The third-order valence-corrected chi connectivity index (χ3v) is 4.58. The van der Waals surface area contributed by atoms with Gasteiger partial charge in [0.1, 0.15) is 0 Å². The number of hydrogen-bond donors (Lipinski definition) is 2. The summed E-state index contributed by atoms with van der Waals surface area (Å²) in [7, 11) is 0. The van der Waals surface area contributed by atoms with Crippen molar-refractivity contribution in [3.63, 3.8) is 0 Å². The summed E-state index contributed by atoms with van der Waals surface area (Å²) in [5, 5.41) is 6.58. The third-order valence-electron chi connectivity index (χ3n) is 4.58. The second-order valence-corrected chi connectivity index (χ2v) is 6.09. The fourth-order valence-corrected chi connectivity index (χ4v) is 3.27. The Balaban J connectivity index is 1.82. The molecule has 2 N–H and O–H groups in total. The molecule has 1 heterocycles. The van der Waals surface area contributed by atoms with Crippen LogP contribution < -0.4 is 10.6 Å². The first-order chi connectivity index (χ1) is 9.19. The van der Waals surface area contributed by atoms with Gasteiger partial charge in [0.25, 0.3) is 0 Å². The van der Waals surface area contributed by atoms with Crippen LogP contribution in [0.1, 0.15) is 44.6 Å². The molecule has 0 saturated heterocycles. The van der Waals surface area contributed by atoms with Gasteiger partial charge in [0, 0.05) is 12.0 Å². The van der Waals surface area contributed by atoms with Gasteiger partial charge in [-0.25, -0.2) is 0 Å². The zero-order chi connectivity index (χ0) is 13.3. The summed E-state index contributed by atoms with van der Waals surface area (Å²) in [6.07, 6.45) is 6.65. The van der Waals surface area contributed by atoms with E-state index < -0.39 is 0 Å². The Labute approximate surface area is 114 Å². The second-order valence-electron chi connectivity index (χ2n) is 6.09. The van der Waals surface area contributed by atoms with E-state index in [1.54, 1.807) is 0 Å². The standard InChI is InChI=1S/C16H22N2O/c1-16(9-2-3-10-16)15(19)18-13-8-4-6-12-7-5-11-17-14(12)13/h4,6,8,17H,2-3,5,7,9-11H2,1H3,(H,18,19). The van der Waals surface area contributed by atoms with Gasteiger partial charge in [-0.3, -0.25) is 4.79 Å². The molecule has 0 bridgehead atoms. The molecule has 1 saturated carbocycles. The number of carbonyl (C=O) groups is 1. The van der Waals surface area contributed by atoms with Gasteiger partial charge in [0.05, 0.1) is 11.4 Å². The van der Waals surface area contributed by atoms with Crippen LogP contribution in [0, 0.1) is 5.41 Å². The summed E-state index contributed by atoms with van der Waals surface area (Å²) in [5.41, 5.74) is 3.23. The quantitative estimate of drug-likeness (QED) is 0.851. The Morgan fingerprint density at radius 3 is 2.84 bits per heavy atom. The monoisotopic (exact) mass is 258 g/mol. The zero-order valence-corrected chi connectivity index (χ0v) is 11.6. The van der Waals surface area contributed by atoms with Gasteiger partial charge >= 0.3 is 0 Å². The number of anilines is 2. The number of aryl methyl sites for hydroxylation is 1. The Kier molecular flexibility index (Phi) is 3.21. The van der Waals surface area contributed by atoms with Crippen molar-refractivity contribution in [2.24, 2.45) is 5.41 Å². The van der Waals surface area contributed by atoms with Gasteiger partial charge in [-0.1, -0.05) is 31.9 Å². The Bertz CT molecular complexity index is 490. The summed E-state index contributed by atoms with van der Waals surface area (Å²) < 4.78 is 0. The van der Waals surface area contributed by atoms with Crippen molar-refractivity contribution >= 4 is 17.3 Å². The molecule has 1 fully saturated rings. The zero-order valence-electron chi connectivity index (χ0n) is 11.6. The molecule has 1 aliphatic heterocycles. The van der Waals surface area contributed by atoms with Crippen LogP contribution in [0.2, 0.25) is 0 Å². The van der Waals surface area contributed by atoms with E-state index in [2.05, 4.69) is 23.6 Å². The first-order valence-corrected chi connectivity index (χ1v) is 7.36. The van der Waals surface area contributed by atoms with E-state index in [1.165, 1.54) is 24.8 Å². The van der Waals surface area contributed by atoms with Gasteiger partial charge in [0.15, 0.2) is 0 Å². The van der Waals surface area contributed by atoms with Crippen LogP contribution in [0.25, 0.3) is 0 Å². The summed E-state index contributed by atoms with van der Waals surface area (Å²) in [6, 6.07) is 6.19. The molecule has 0 radical (unpaired) electrons. The minimum absolute atomic E-state index is 0.169. The average molecular weight is 258 g/mol. The van der Waals surface area contributed by atoms with Crippen molar-refractivity contribution in [1.29, 1.82) is 0 Å². The van der Waals surface area contributed by atoms with Crippen molar-refractivity contribution in [3.8, 4) is 0 Å². The highest BCUT2D eigenvalue weighted by molar-refractivity contribution is 5.98. The number of amides is 1. The highest BCUT2D eigenvalue weighted by Gasteiger charge is 2.36. The molecule has 2 aliphatic rings. The van der Waals surface area contributed by atoms with Crippen molar-refractivity contribution < 1.29 is 4.79 Å². The number of benzene rings is 1. The number of para-hydroxylation sites is 1. The highest BCUT2D eigenvalue weighted by Crippen LogP contribution is 2.39. The van der Waals surface area contributed by atoms with E-state index in [-0.39, 0.29) is 11.3 Å². The molecule has 0 spiro atoms. The first-order valence-electron chi connectivity index (χ1n) is 7.36. The van der Waals surface area contributed by atoms with Crippen LogP contribution in [-0.2, 0) is 11.2 Å². The largest absolute Gasteiger partial charge is 0.383 e. The molecule has 1 amide bonds. The molecule has 1 aliphatic carbocycles. The molecule has 3 nitrogen and oxygen atoms in total. The number of rotatable bonds is 2. The summed E-state index contributed by atoms with van der Waals surface area (Å²) in [5.74, 6) is 0.186. The molecular weight excluding hydrogens is 236 g/mol. The lowest BCUT2D eigenvalue weighted by atomic mass is 9.87. The highest BCUT2D eigenvalue weighted by atomic mass is 16.2. The van der Waals surface area contributed by atoms with E-state index in [9.17, 15) is 4.79 Å². The molecule has 0 aromatic heterocycles. The normalized spacial score (nSPS) is 20.5. The van der Waals surface area contributed by atoms with Gasteiger partial charge in [-0.2, -0.15) is 0 Å². The molecule has 3 rings (SSSR count). The molecular formula is C16H22N2O. The topological polar surface area (TPSA) is 41.1 Å². The van der Waals surface area contributed by atoms with Crippen LogP contribution in [-0.4, -0.2) is 12.5 Å². The minimum atomic E-state index is -0.169. The maximum atomic E-state index is 12.5. The minimum Gasteiger partial charge on any atom is -0.383 e. The number of nitrogens with one attached hydrogen (secondary N) is 2. The number of fused-ring (bicyclic) bond motifs is 1. The molecule has 1 aromatic carbocycles. The molecule has 3 heteroatoms. The molecule has 19 heavy (non-hydrogen) atoms. The maximum absolute atomic E-state index is 12.5. The van der Waals surface area contributed by atoms with Gasteiger partial charge in [0.2, 0.25) is 5.91 Å². The summed E-state index contributed by atoms with van der Waals surface area (Å²) >= 11 is 0. The van der Waals surface area contributed by atoms with Gasteiger partial charge in [-0.05, 0) is 37.3 Å². The van der Waals surface area contributed by atoms with Crippen LogP contribution in [0.5, 0.6) is 0 Å². The summed E-state index contributed by atoms with van der Waals surface area (Å²) in [4.78, 5) is 12.5. The molecule has 0 atom stereocenters. The lowest BCUT2D eigenvalue weighted by molar-refractivity contribution is -0.124. The second kappa shape index (κ2) is 4.87. The van der Waals surface area contributed by atoms with Crippen LogP contribution in [0.3, 0.4) is 0 Å².